The van der Waals surface area contributed by atoms with Gasteiger partial charge in [-0.1, -0.05) is 24.3 Å². The number of allylic oxidation sites excluding steroid dienone is 2. The zero-order valence-electron chi connectivity index (χ0n) is 17.0. The summed E-state index contributed by atoms with van der Waals surface area (Å²) in [6.07, 6.45) is 2.89. The third-order valence-corrected chi connectivity index (χ3v) is 5.65. The fourth-order valence-corrected chi connectivity index (χ4v) is 3.99. The highest BCUT2D eigenvalue weighted by atomic mass is 19.4. The maximum atomic E-state index is 12.9. The minimum Gasteiger partial charge on any atom is -0.489 e. The molecule has 0 spiro atoms. The van der Waals surface area contributed by atoms with Crippen LogP contribution in [-0.2, 0) is 15.7 Å². The molecule has 5 unspecified atom stereocenters. The number of benzene rings is 1. The van der Waals surface area contributed by atoms with E-state index in [9.17, 15) is 28.2 Å². The summed E-state index contributed by atoms with van der Waals surface area (Å²) in [6, 6.07) is 4.49. The maximum Gasteiger partial charge on any atom is 0.416 e. The van der Waals surface area contributed by atoms with Crippen LogP contribution in [0, 0.1) is 11.8 Å². The molecule has 5 nitrogen and oxygen atoms in total. The Labute approximate surface area is 179 Å². The molecule has 1 aliphatic heterocycles. The van der Waals surface area contributed by atoms with Crippen molar-refractivity contribution < 1.29 is 37.7 Å². The molecule has 31 heavy (non-hydrogen) atoms. The number of esters is 1. The number of fused-ring (bicyclic) bond motifs is 1. The molecule has 1 aromatic rings. The highest BCUT2D eigenvalue weighted by molar-refractivity contribution is 5.69. The summed E-state index contributed by atoms with van der Waals surface area (Å²) >= 11 is 0. The van der Waals surface area contributed by atoms with Crippen molar-refractivity contribution in [1.29, 1.82) is 0 Å². The highest BCUT2D eigenvalue weighted by Crippen LogP contribution is 2.36. The minimum absolute atomic E-state index is 0.0144. The molecule has 8 heteroatoms. The van der Waals surface area contributed by atoms with E-state index in [2.05, 4.69) is 0 Å². The zero-order valence-corrected chi connectivity index (χ0v) is 17.0. The normalized spacial score (nSPS) is 32.0. The molecule has 1 saturated carbocycles. The number of aliphatic hydroxyl groups is 2. The number of rotatable bonds is 3. The topological polar surface area (TPSA) is 76.0 Å². The van der Waals surface area contributed by atoms with Crippen LogP contribution in [-0.4, -0.2) is 41.1 Å². The fourth-order valence-electron chi connectivity index (χ4n) is 3.99. The Morgan fingerprint density at radius 3 is 2.71 bits per heavy atom. The van der Waals surface area contributed by atoms with Gasteiger partial charge in [0.05, 0.1) is 17.8 Å². The van der Waals surface area contributed by atoms with E-state index >= 15 is 0 Å². The maximum absolute atomic E-state index is 12.9. The monoisotopic (exact) mass is 440 g/mol. The van der Waals surface area contributed by atoms with Crippen LogP contribution in [0.4, 0.5) is 13.2 Å². The second-order valence-corrected chi connectivity index (χ2v) is 7.96. The van der Waals surface area contributed by atoms with Gasteiger partial charge in [-0.05, 0) is 49.5 Å². The van der Waals surface area contributed by atoms with Gasteiger partial charge in [0.2, 0.25) is 0 Å². The number of aliphatic hydroxyl groups excluding tert-OH is 2. The summed E-state index contributed by atoms with van der Waals surface area (Å²) in [5, 5.41) is 20.6. The first-order chi connectivity index (χ1) is 14.7. The van der Waals surface area contributed by atoms with Crippen LogP contribution >= 0.6 is 0 Å². The summed E-state index contributed by atoms with van der Waals surface area (Å²) in [7, 11) is 0. The van der Waals surface area contributed by atoms with Gasteiger partial charge in [0.1, 0.15) is 12.4 Å². The Kier molecular flexibility index (Phi) is 7.78. The van der Waals surface area contributed by atoms with Gasteiger partial charge in [-0.2, -0.15) is 13.2 Å². The van der Waals surface area contributed by atoms with Gasteiger partial charge < -0.3 is 19.7 Å². The van der Waals surface area contributed by atoms with Crippen LogP contribution in [0.2, 0.25) is 0 Å². The van der Waals surface area contributed by atoms with Crippen molar-refractivity contribution in [3.8, 4) is 5.75 Å². The van der Waals surface area contributed by atoms with E-state index in [1.807, 2.05) is 12.2 Å². The lowest BCUT2D eigenvalue weighted by Gasteiger charge is -2.21. The third kappa shape index (κ3) is 6.58. The lowest BCUT2D eigenvalue weighted by atomic mass is 9.89. The summed E-state index contributed by atoms with van der Waals surface area (Å²) in [5.74, 6) is -0.904. The summed E-state index contributed by atoms with van der Waals surface area (Å²) in [4.78, 5) is 12.2. The number of cyclic esters (lactones) is 1. The highest BCUT2D eigenvalue weighted by Gasteiger charge is 2.39. The van der Waals surface area contributed by atoms with Crippen molar-refractivity contribution >= 4 is 5.97 Å². The van der Waals surface area contributed by atoms with Crippen molar-refractivity contribution in [3.05, 3.63) is 54.1 Å². The van der Waals surface area contributed by atoms with E-state index in [-0.39, 0.29) is 37.0 Å². The van der Waals surface area contributed by atoms with Crippen LogP contribution in [0.1, 0.15) is 37.7 Å². The van der Waals surface area contributed by atoms with E-state index < -0.39 is 36.0 Å². The Morgan fingerprint density at radius 2 is 1.94 bits per heavy atom. The third-order valence-electron chi connectivity index (χ3n) is 5.65. The Balaban J connectivity index is 1.74. The average molecular weight is 440 g/mol. The SMILES string of the molecule is O=C1CCC/C=C\CC2C(O)CC(O)C2/C=C/C(COc2cccc(C(F)(F)F)c2)O1. The molecule has 170 valence electrons. The van der Waals surface area contributed by atoms with E-state index in [4.69, 9.17) is 9.47 Å². The molecule has 3 rings (SSSR count). The van der Waals surface area contributed by atoms with Crippen LogP contribution in [0.3, 0.4) is 0 Å². The number of hydrogen-bond donors (Lipinski definition) is 2. The smallest absolute Gasteiger partial charge is 0.416 e. The van der Waals surface area contributed by atoms with Crippen LogP contribution in [0.15, 0.2) is 48.6 Å². The largest absolute Gasteiger partial charge is 0.489 e. The van der Waals surface area contributed by atoms with Gasteiger partial charge in [-0.15, -0.1) is 0 Å². The van der Waals surface area contributed by atoms with Crippen molar-refractivity contribution in [3.63, 3.8) is 0 Å². The van der Waals surface area contributed by atoms with E-state index in [1.165, 1.54) is 12.1 Å². The van der Waals surface area contributed by atoms with Crippen molar-refractivity contribution in [2.45, 2.75) is 56.6 Å². The standard InChI is InChI=1S/C23H27F3O5/c24-23(25,26)15-6-5-7-16(12-15)30-14-17-10-11-19-18(20(27)13-21(19)28)8-3-1-2-4-9-22(29)31-17/h1,3,5-7,10-12,17-21,27-28H,2,4,8-9,13-14H2/b3-1-,11-10+. The van der Waals surface area contributed by atoms with Gasteiger partial charge in [0, 0.05) is 18.8 Å². The molecule has 1 heterocycles. The van der Waals surface area contributed by atoms with Crippen LogP contribution in [0.25, 0.3) is 0 Å². The lowest BCUT2D eigenvalue weighted by Crippen LogP contribution is -2.25. The molecular weight excluding hydrogens is 413 g/mol. The molecule has 0 amide bonds. The van der Waals surface area contributed by atoms with Crippen molar-refractivity contribution in [2.24, 2.45) is 11.8 Å². The zero-order chi connectivity index (χ0) is 22.4. The number of carbonyl (C=O) groups excluding carboxylic acids is 1. The molecule has 5 atom stereocenters. The van der Waals surface area contributed by atoms with Gasteiger partial charge in [0.15, 0.2) is 6.10 Å². The van der Waals surface area contributed by atoms with Gasteiger partial charge >= 0.3 is 12.1 Å². The second-order valence-electron chi connectivity index (χ2n) is 7.96. The Morgan fingerprint density at radius 1 is 1.13 bits per heavy atom. The van der Waals surface area contributed by atoms with Crippen molar-refractivity contribution in [1.82, 2.24) is 0 Å². The minimum atomic E-state index is -4.49. The molecule has 0 radical (unpaired) electrons. The number of alkyl halides is 3. The van der Waals surface area contributed by atoms with Crippen LogP contribution in [0.5, 0.6) is 5.75 Å². The molecule has 0 saturated heterocycles. The first kappa shape index (κ1) is 23.3. The number of carbonyl (C=O) groups is 1. The predicted molar refractivity (Wildman–Crippen MR) is 107 cm³/mol. The predicted octanol–water partition coefficient (Wildman–Crippen LogP) is 4.04. The van der Waals surface area contributed by atoms with E-state index in [1.54, 1.807) is 12.2 Å². The van der Waals surface area contributed by atoms with E-state index in [0.29, 0.717) is 19.3 Å². The Hall–Kier alpha value is -2.32. The molecule has 0 aromatic heterocycles. The van der Waals surface area contributed by atoms with Gasteiger partial charge in [-0.25, -0.2) is 0 Å². The lowest BCUT2D eigenvalue weighted by molar-refractivity contribution is -0.148. The summed E-state index contributed by atoms with van der Waals surface area (Å²) in [6.45, 7) is -0.169. The molecule has 2 N–H and O–H groups in total. The van der Waals surface area contributed by atoms with Gasteiger partial charge in [0.25, 0.3) is 0 Å². The van der Waals surface area contributed by atoms with Crippen LogP contribution < -0.4 is 4.74 Å². The molecule has 1 aliphatic carbocycles. The van der Waals surface area contributed by atoms with Gasteiger partial charge in [-0.3, -0.25) is 4.79 Å². The number of halogens is 3. The van der Waals surface area contributed by atoms with E-state index in [0.717, 1.165) is 12.1 Å². The quantitative estimate of drug-likeness (QED) is 0.548. The summed E-state index contributed by atoms with van der Waals surface area (Å²) < 4.78 is 49.7. The molecular formula is C23H27F3O5. The molecule has 0 bridgehead atoms. The first-order valence-corrected chi connectivity index (χ1v) is 10.4. The number of hydrogen-bond acceptors (Lipinski definition) is 5. The Bertz CT molecular complexity index is 805. The molecule has 1 fully saturated rings. The fraction of sp³-hybridized carbons (Fsp3) is 0.522. The summed E-state index contributed by atoms with van der Waals surface area (Å²) in [5.41, 5.74) is -0.828. The molecule has 2 aliphatic rings. The first-order valence-electron chi connectivity index (χ1n) is 10.4. The number of ether oxygens (including phenoxy) is 2. The second kappa shape index (κ2) is 10.3. The van der Waals surface area contributed by atoms with Crippen molar-refractivity contribution in [2.75, 3.05) is 6.61 Å². The average Bonchev–Trinajstić information content (AvgIpc) is 2.98. The molecule has 1 aromatic carbocycles.